The summed E-state index contributed by atoms with van der Waals surface area (Å²) in [7, 11) is 0. The topological polar surface area (TPSA) is 51.2 Å². The van der Waals surface area contributed by atoms with Gasteiger partial charge in [-0.1, -0.05) is 13.8 Å². The number of aromatic nitrogens is 1. The van der Waals surface area contributed by atoms with Crippen LogP contribution in [0.25, 0.3) is 11.3 Å². The molecule has 0 amide bonds. The van der Waals surface area contributed by atoms with Crippen molar-refractivity contribution in [1.29, 1.82) is 0 Å². The zero-order valence-electron chi connectivity index (χ0n) is 9.87. The van der Waals surface area contributed by atoms with Crippen molar-refractivity contribution in [3.63, 3.8) is 0 Å². The maximum atomic E-state index is 5.86. The van der Waals surface area contributed by atoms with Crippen LogP contribution in [0.15, 0.2) is 27.4 Å². The van der Waals surface area contributed by atoms with Gasteiger partial charge in [-0.2, -0.15) is 0 Å². The van der Waals surface area contributed by atoms with Crippen molar-refractivity contribution in [3.05, 3.63) is 29.6 Å². The van der Waals surface area contributed by atoms with E-state index in [0.717, 1.165) is 18.5 Å². The molecular formula is C12H15ClN2O2. The van der Waals surface area contributed by atoms with Crippen LogP contribution in [0.2, 0.25) is 5.22 Å². The van der Waals surface area contributed by atoms with Gasteiger partial charge in [-0.3, -0.25) is 0 Å². The molecule has 0 saturated carbocycles. The molecule has 5 heteroatoms. The van der Waals surface area contributed by atoms with E-state index in [9.17, 15) is 0 Å². The highest BCUT2D eigenvalue weighted by atomic mass is 35.5. The van der Waals surface area contributed by atoms with Gasteiger partial charge in [0.1, 0.15) is 0 Å². The monoisotopic (exact) mass is 254 g/mol. The minimum atomic E-state index is 0.327. The minimum Gasteiger partial charge on any atom is -0.452 e. The zero-order valence-corrected chi connectivity index (χ0v) is 10.6. The van der Waals surface area contributed by atoms with E-state index in [-0.39, 0.29) is 0 Å². The number of hydrogen-bond acceptors (Lipinski definition) is 4. The summed E-state index contributed by atoms with van der Waals surface area (Å²) in [4.78, 5) is 4.20. The Kier molecular flexibility index (Phi) is 3.86. The summed E-state index contributed by atoms with van der Waals surface area (Å²) in [6.45, 7) is 5.05. The molecule has 0 bridgehead atoms. The van der Waals surface area contributed by atoms with E-state index in [1.165, 1.54) is 6.26 Å². The average molecular weight is 255 g/mol. The van der Waals surface area contributed by atoms with Gasteiger partial charge in [-0.05, 0) is 17.7 Å². The quantitative estimate of drug-likeness (QED) is 0.891. The smallest absolute Gasteiger partial charge is 0.204 e. The van der Waals surface area contributed by atoms with Crippen molar-refractivity contribution < 1.29 is 8.83 Å². The fourth-order valence-corrected chi connectivity index (χ4v) is 1.70. The first-order valence-corrected chi connectivity index (χ1v) is 5.96. The second-order valence-corrected chi connectivity index (χ2v) is 4.43. The molecule has 0 fully saturated rings. The maximum absolute atomic E-state index is 5.86. The lowest BCUT2D eigenvalue weighted by Gasteiger charge is -2.05. The molecule has 0 unspecified atom stereocenters. The van der Waals surface area contributed by atoms with E-state index in [1.54, 1.807) is 12.3 Å². The summed E-state index contributed by atoms with van der Waals surface area (Å²) in [5.41, 5.74) is 0.738. The third-order valence-electron chi connectivity index (χ3n) is 2.33. The predicted molar refractivity (Wildman–Crippen MR) is 66.1 cm³/mol. The Hall–Kier alpha value is -1.26. The molecule has 2 rings (SSSR count). The van der Waals surface area contributed by atoms with E-state index >= 15 is 0 Å². The molecule has 2 aromatic rings. The fourth-order valence-electron chi connectivity index (χ4n) is 1.49. The number of halogens is 1. The number of rotatable bonds is 5. The van der Waals surface area contributed by atoms with Gasteiger partial charge in [0.2, 0.25) is 5.22 Å². The molecule has 1 N–H and O–H groups in total. The van der Waals surface area contributed by atoms with Gasteiger partial charge in [-0.15, -0.1) is 0 Å². The van der Waals surface area contributed by atoms with Crippen molar-refractivity contribution in [3.8, 4) is 11.3 Å². The lowest BCUT2D eigenvalue weighted by atomic mass is 10.3. The summed E-state index contributed by atoms with van der Waals surface area (Å²) in [6.07, 6.45) is 3.95. The molecule has 92 valence electrons. The largest absolute Gasteiger partial charge is 0.452 e. The van der Waals surface area contributed by atoms with Crippen molar-refractivity contribution in [2.75, 3.05) is 6.54 Å². The highest BCUT2D eigenvalue weighted by Crippen LogP contribution is 2.29. The molecule has 0 saturated heterocycles. The number of nitrogens with one attached hydrogen (secondary N) is 1. The van der Waals surface area contributed by atoms with E-state index in [4.69, 9.17) is 20.4 Å². The van der Waals surface area contributed by atoms with Crippen LogP contribution in [0, 0.1) is 0 Å². The molecule has 2 heterocycles. The van der Waals surface area contributed by atoms with Crippen LogP contribution in [0.3, 0.4) is 0 Å². The molecule has 0 aliphatic heterocycles. The Morgan fingerprint density at radius 2 is 2.29 bits per heavy atom. The SMILES string of the molecule is CC(C)NCCc1ncc(-c2ccoc2Cl)o1. The summed E-state index contributed by atoms with van der Waals surface area (Å²) in [6, 6.07) is 2.23. The van der Waals surface area contributed by atoms with Crippen molar-refractivity contribution in [2.45, 2.75) is 26.3 Å². The summed E-state index contributed by atoms with van der Waals surface area (Å²) in [5.74, 6) is 1.34. The lowest BCUT2D eigenvalue weighted by Crippen LogP contribution is -2.24. The molecule has 0 aromatic carbocycles. The highest BCUT2D eigenvalue weighted by molar-refractivity contribution is 6.31. The third kappa shape index (κ3) is 3.11. The number of hydrogen-bond donors (Lipinski definition) is 1. The van der Waals surface area contributed by atoms with Gasteiger partial charge in [0.05, 0.1) is 18.0 Å². The Balaban J connectivity index is 1.99. The Morgan fingerprint density at radius 3 is 2.94 bits per heavy atom. The molecule has 4 nitrogen and oxygen atoms in total. The molecule has 0 atom stereocenters. The van der Waals surface area contributed by atoms with Crippen molar-refractivity contribution in [1.82, 2.24) is 10.3 Å². The predicted octanol–water partition coefficient (Wildman–Crippen LogP) is 3.13. The molecule has 0 aliphatic rings. The van der Waals surface area contributed by atoms with Gasteiger partial charge in [0.25, 0.3) is 0 Å². The van der Waals surface area contributed by atoms with Gasteiger partial charge in [0, 0.05) is 19.0 Å². The molecular weight excluding hydrogens is 240 g/mol. The second kappa shape index (κ2) is 5.38. The molecule has 0 spiro atoms. The van der Waals surface area contributed by atoms with E-state index in [0.29, 0.717) is 22.9 Å². The Morgan fingerprint density at radius 1 is 1.47 bits per heavy atom. The minimum absolute atomic E-state index is 0.327. The third-order valence-corrected chi connectivity index (χ3v) is 2.62. The van der Waals surface area contributed by atoms with Crippen LogP contribution in [-0.4, -0.2) is 17.6 Å². The highest BCUT2D eigenvalue weighted by Gasteiger charge is 2.11. The molecule has 0 aliphatic carbocycles. The second-order valence-electron chi connectivity index (χ2n) is 4.09. The number of nitrogens with zero attached hydrogens (tertiary/aromatic N) is 1. The number of furan rings is 1. The average Bonchev–Trinajstić information content (AvgIpc) is 2.86. The molecule has 2 aromatic heterocycles. The summed E-state index contributed by atoms with van der Waals surface area (Å²) in [5, 5.41) is 3.63. The van der Waals surface area contributed by atoms with Gasteiger partial charge in [-0.25, -0.2) is 4.98 Å². The molecule has 17 heavy (non-hydrogen) atoms. The summed E-state index contributed by atoms with van der Waals surface area (Å²) >= 11 is 5.86. The van der Waals surface area contributed by atoms with Crippen LogP contribution in [0.4, 0.5) is 0 Å². The van der Waals surface area contributed by atoms with Gasteiger partial charge in [0.15, 0.2) is 11.7 Å². The first-order chi connectivity index (χ1) is 8.16. The van der Waals surface area contributed by atoms with Crippen LogP contribution in [-0.2, 0) is 6.42 Å². The standard InChI is InChI=1S/C12H15ClN2O2/c1-8(2)14-5-3-11-15-7-10(17-11)9-4-6-16-12(9)13/h4,6-8,14H,3,5H2,1-2H3. The fraction of sp³-hybridized carbons (Fsp3) is 0.417. The van der Waals surface area contributed by atoms with E-state index < -0.39 is 0 Å². The number of oxazole rings is 1. The molecule has 0 radical (unpaired) electrons. The van der Waals surface area contributed by atoms with Crippen LogP contribution >= 0.6 is 11.6 Å². The summed E-state index contributed by atoms with van der Waals surface area (Å²) < 4.78 is 10.6. The normalized spacial score (nSPS) is 11.3. The first kappa shape index (κ1) is 12.2. The van der Waals surface area contributed by atoms with Gasteiger partial charge < -0.3 is 14.2 Å². The zero-order chi connectivity index (χ0) is 12.3. The van der Waals surface area contributed by atoms with Crippen molar-refractivity contribution >= 4 is 11.6 Å². The van der Waals surface area contributed by atoms with Gasteiger partial charge >= 0.3 is 0 Å². The van der Waals surface area contributed by atoms with E-state index in [1.807, 2.05) is 0 Å². The lowest BCUT2D eigenvalue weighted by molar-refractivity contribution is 0.484. The van der Waals surface area contributed by atoms with Crippen LogP contribution < -0.4 is 5.32 Å². The first-order valence-electron chi connectivity index (χ1n) is 5.58. The van der Waals surface area contributed by atoms with Crippen LogP contribution in [0.5, 0.6) is 0 Å². The van der Waals surface area contributed by atoms with E-state index in [2.05, 4.69) is 24.1 Å². The van der Waals surface area contributed by atoms with Crippen molar-refractivity contribution in [2.24, 2.45) is 0 Å². The Bertz CT molecular complexity index is 476. The Labute approximate surface area is 105 Å². The van der Waals surface area contributed by atoms with Crippen LogP contribution in [0.1, 0.15) is 19.7 Å². The maximum Gasteiger partial charge on any atom is 0.204 e.